The lowest BCUT2D eigenvalue weighted by Crippen LogP contribution is -1.92. The maximum atomic E-state index is 5.39. The molecule has 2 rings (SSSR count). The molecule has 0 N–H and O–H groups in total. The Balaban J connectivity index is 2.69. The molecule has 2 heterocycles. The average molecular weight is 204 g/mol. The van der Waals surface area contributed by atoms with E-state index >= 15 is 0 Å². The maximum Gasteiger partial charge on any atom is 0.189 e. The lowest BCUT2D eigenvalue weighted by molar-refractivity contribution is 0.438. The van der Waals surface area contributed by atoms with E-state index in [9.17, 15) is 0 Å². The van der Waals surface area contributed by atoms with Gasteiger partial charge in [-0.25, -0.2) is 0 Å². The third kappa shape index (κ3) is 1.62. The van der Waals surface area contributed by atoms with Crippen LogP contribution in [0.2, 0.25) is 0 Å². The SMILES string of the molecule is CC(C)c1noc2c(C(C)C)ccnc12. The predicted octanol–water partition coefficient (Wildman–Crippen LogP) is 3.47. The van der Waals surface area contributed by atoms with E-state index in [0.29, 0.717) is 11.8 Å². The van der Waals surface area contributed by atoms with E-state index in [0.717, 1.165) is 16.8 Å². The van der Waals surface area contributed by atoms with Crippen molar-refractivity contribution < 1.29 is 4.52 Å². The molecule has 0 aliphatic heterocycles. The highest BCUT2D eigenvalue weighted by Crippen LogP contribution is 2.28. The molecule has 0 bridgehead atoms. The normalized spacial score (nSPS) is 11.9. The molecule has 15 heavy (non-hydrogen) atoms. The molecule has 0 saturated heterocycles. The third-order valence-electron chi connectivity index (χ3n) is 2.58. The molecule has 0 aliphatic carbocycles. The van der Waals surface area contributed by atoms with Gasteiger partial charge in [-0.05, 0) is 12.0 Å². The summed E-state index contributed by atoms with van der Waals surface area (Å²) in [5.41, 5.74) is 3.89. The van der Waals surface area contributed by atoms with Crippen LogP contribution in [0, 0.1) is 0 Å². The molecule has 80 valence electrons. The Morgan fingerprint density at radius 2 is 1.87 bits per heavy atom. The monoisotopic (exact) mass is 204 g/mol. The summed E-state index contributed by atoms with van der Waals surface area (Å²) in [5.74, 6) is 0.782. The molecule has 0 saturated carbocycles. The van der Waals surface area contributed by atoms with Crippen molar-refractivity contribution in [2.75, 3.05) is 0 Å². The molecular formula is C12H16N2O. The highest BCUT2D eigenvalue weighted by atomic mass is 16.5. The second-order valence-corrected chi connectivity index (χ2v) is 4.46. The second-order valence-electron chi connectivity index (χ2n) is 4.46. The highest BCUT2D eigenvalue weighted by molar-refractivity contribution is 5.78. The minimum Gasteiger partial charge on any atom is -0.354 e. The number of rotatable bonds is 2. The summed E-state index contributed by atoms with van der Waals surface area (Å²) in [6.07, 6.45) is 1.83. The molecule has 3 heteroatoms. The second kappa shape index (κ2) is 3.65. The van der Waals surface area contributed by atoms with Gasteiger partial charge in [-0.1, -0.05) is 32.9 Å². The van der Waals surface area contributed by atoms with E-state index < -0.39 is 0 Å². The summed E-state index contributed by atoms with van der Waals surface area (Å²) in [7, 11) is 0. The Kier molecular flexibility index (Phi) is 2.47. The number of fused-ring (bicyclic) bond motifs is 1. The smallest absolute Gasteiger partial charge is 0.189 e. The first kappa shape index (κ1) is 10.1. The van der Waals surface area contributed by atoms with E-state index in [1.807, 2.05) is 12.3 Å². The predicted molar refractivity (Wildman–Crippen MR) is 60.0 cm³/mol. The molecule has 0 radical (unpaired) electrons. The van der Waals surface area contributed by atoms with Crippen LogP contribution in [0.25, 0.3) is 11.1 Å². The molecule has 0 amide bonds. The van der Waals surface area contributed by atoms with Crippen LogP contribution in [0.5, 0.6) is 0 Å². The van der Waals surface area contributed by atoms with Gasteiger partial charge >= 0.3 is 0 Å². The zero-order valence-electron chi connectivity index (χ0n) is 9.61. The van der Waals surface area contributed by atoms with Crippen molar-refractivity contribution in [2.45, 2.75) is 39.5 Å². The molecule has 0 aromatic carbocycles. The molecule has 0 atom stereocenters. The number of nitrogens with zero attached hydrogens (tertiary/aromatic N) is 2. The van der Waals surface area contributed by atoms with Gasteiger partial charge in [0.05, 0.1) is 0 Å². The molecular weight excluding hydrogens is 188 g/mol. The van der Waals surface area contributed by atoms with Crippen molar-refractivity contribution in [3.8, 4) is 0 Å². The Bertz CT molecular complexity index is 471. The minimum absolute atomic E-state index is 0.348. The molecule has 2 aromatic heterocycles. The maximum absolute atomic E-state index is 5.39. The zero-order valence-corrected chi connectivity index (χ0v) is 9.61. The summed E-state index contributed by atoms with van der Waals surface area (Å²) in [6, 6.07) is 2.00. The van der Waals surface area contributed by atoms with Crippen LogP contribution in [0.15, 0.2) is 16.8 Å². The fraction of sp³-hybridized carbons (Fsp3) is 0.500. The molecule has 0 fully saturated rings. The Morgan fingerprint density at radius 3 is 2.47 bits per heavy atom. The first-order valence-electron chi connectivity index (χ1n) is 5.35. The van der Waals surface area contributed by atoms with Gasteiger partial charge in [-0.3, -0.25) is 4.98 Å². The van der Waals surface area contributed by atoms with Crippen LogP contribution in [-0.4, -0.2) is 10.1 Å². The summed E-state index contributed by atoms with van der Waals surface area (Å²) in [6.45, 7) is 8.49. The van der Waals surface area contributed by atoms with Crippen LogP contribution in [0.3, 0.4) is 0 Å². The Hall–Kier alpha value is -1.38. The summed E-state index contributed by atoms with van der Waals surface area (Å²) in [4.78, 5) is 4.35. The van der Waals surface area contributed by atoms with Gasteiger partial charge in [0.15, 0.2) is 5.58 Å². The standard InChI is InChI=1S/C12H16N2O/c1-7(2)9-5-6-13-11-10(8(3)4)14-15-12(9)11/h5-8H,1-4H3. The summed E-state index contributed by atoms with van der Waals surface area (Å²) < 4.78 is 5.39. The fourth-order valence-electron chi connectivity index (χ4n) is 1.71. The Morgan fingerprint density at radius 1 is 1.13 bits per heavy atom. The molecule has 0 unspecified atom stereocenters. The topological polar surface area (TPSA) is 38.9 Å². The first-order valence-corrected chi connectivity index (χ1v) is 5.35. The van der Waals surface area contributed by atoms with Gasteiger partial charge in [0.2, 0.25) is 0 Å². The number of pyridine rings is 1. The van der Waals surface area contributed by atoms with Crippen LogP contribution < -0.4 is 0 Å². The number of hydrogen-bond donors (Lipinski definition) is 0. The lowest BCUT2D eigenvalue weighted by Gasteiger charge is -2.04. The van der Waals surface area contributed by atoms with E-state index in [1.165, 1.54) is 5.56 Å². The molecule has 3 nitrogen and oxygen atoms in total. The van der Waals surface area contributed by atoms with Gasteiger partial charge < -0.3 is 4.52 Å². The van der Waals surface area contributed by atoms with Crippen molar-refractivity contribution in [2.24, 2.45) is 0 Å². The van der Waals surface area contributed by atoms with Crippen molar-refractivity contribution >= 4 is 11.1 Å². The molecule has 2 aromatic rings. The fourth-order valence-corrected chi connectivity index (χ4v) is 1.71. The van der Waals surface area contributed by atoms with Crippen molar-refractivity contribution in [1.82, 2.24) is 10.1 Å². The highest BCUT2D eigenvalue weighted by Gasteiger charge is 2.16. The van der Waals surface area contributed by atoms with Crippen LogP contribution >= 0.6 is 0 Å². The first-order chi connectivity index (χ1) is 7.11. The third-order valence-corrected chi connectivity index (χ3v) is 2.58. The average Bonchev–Trinajstić information content (AvgIpc) is 2.59. The quantitative estimate of drug-likeness (QED) is 0.751. The van der Waals surface area contributed by atoms with E-state index in [2.05, 4.69) is 37.8 Å². The van der Waals surface area contributed by atoms with Crippen LogP contribution in [0.4, 0.5) is 0 Å². The minimum atomic E-state index is 0.348. The summed E-state index contributed by atoms with van der Waals surface area (Å²) >= 11 is 0. The summed E-state index contributed by atoms with van der Waals surface area (Å²) in [5, 5.41) is 4.10. The van der Waals surface area contributed by atoms with Crippen molar-refractivity contribution in [1.29, 1.82) is 0 Å². The zero-order chi connectivity index (χ0) is 11.0. The van der Waals surface area contributed by atoms with Gasteiger partial charge in [-0.15, -0.1) is 0 Å². The van der Waals surface area contributed by atoms with Gasteiger partial charge in [0, 0.05) is 17.7 Å². The van der Waals surface area contributed by atoms with E-state index in [1.54, 1.807) is 0 Å². The number of hydrogen-bond acceptors (Lipinski definition) is 3. The van der Waals surface area contributed by atoms with Crippen molar-refractivity contribution in [3.05, 3.63) is 23.5 Å². The van der Waals surface area contributed by atoms with E-state index in [-0.39, 0.29) is 0 Å². The number of aromatic nitrogens is 2. The largest absolute Gasteiger partial charge is 0.354 e. The van der Waals surface area contributed by atoms with Gasteiger partial charge in [0.25, 0.3) is 0 Å². The van der Waals surface area contributed by atoms with Gasteiger partial charge in [0.1, 0.15) is 11.2 Å². The van der Waals surface area contributed by atoms with E-state index in [4.69, 9.17) is 4.52 Å². The molecule has 0 spiro atoms. The lowest BCUT2D eigenvalue weighted by atomic mass is 10.0. The van der Waals surface area contributed by atoms with Crippen molar-refractivity contribution in [3.63, 3.8) is 0 Å². The van der Waals surface area contributed by atoms with Gasteiger partial charge in [-0.2, -0.15) is 0 Å². The molecule has 0 aliphatic rings. The van der Waals surface area contributed by atoms with Crippen LogP contribution in [-0.2, 0) is 0 Å². The van der Waals surface area contributed by atoms with Crippen LogP contribution in [0.1, 0.15) is 50.8 Å². The Labute approximate surface area is 89.5 Å².